The van der Waals surface area contributed by atoms with Crippen molar-refractivity contribution in [2.24, 2.45) is 5.92 Å². The summed E-state index contributed by atoms with van der Waals surface area (Å²) in [6.07, 6.45) is 3.83. The Morgan fingerprint density at radius 1 is 1.06 bits per heavy atom. The zero-order chi connectivity index (χ0) is 25.2. The summed E-state index contributed by atoms with van der Waals surface area (Å²) in [6, 6.07) is 9.14. The Kier molecular flexibility index (Phi) is 8.95. The van der Waals surface area contributed by atoms with Crippen molar-refractivity contribution < 1.29 is 14.4 Å². The third-order valence-electron chi connectivity index (χ3n) is 5.47. The first kappa shape index (κ1) is 25.4. The van der Waals surface area contributed by atoms with Crippen LogP contribution in [0.25, 0.3) is 0 Å². The maximum atomic E-state index is 12.7. The van der Waals surface area contributed by atoms with Crippen LogP contribution in [0.5, 0.6) is 0 Å². The van der Waals surface area contributed by atoms with Crippen LogP contribution in [0.1, 0.15) is 30.6 Å². The largest absolute Gasteiger partial charge is 0.341 e. The van der Waals surface area contributed by atoms with Gasteiger partial charge in [0.2, 0.25) is 11.9 Å². The Bertz CT molecular complexity index is 1040. The van der Waals surface area contributed by atoms with Crippen LogP contribution in [-0.4, -0.2) is 71.5 Å². The van der Waals surface area contributed by atoms with Gasteiger partial charge in [-0.15, -0.1) is 0 Å². The van der Waals surface area contributed by atoms with Gasteiger partial charge in [-0.1, -0.05) is 13.8 Å². The number of nitrogens with one attached hydrogen (secondary N) is 3. The second-order valence-electron chi connectivity index (χ2n) is 8.56. The van der Waals surface area contributed by atoms with Gasteiger partial charge in [-0.05, 0) is 42.7 Å². The molecule has 35 heavy (non-hydrogen) atoms. The Balaban J connectivity index is 1.52. The molecular formula is C24H30N8O3. The summed E-state index contributed by atoms with van der Waals surface area (Å²) in [5.74, 6) is 0.0312. The highest BCUT2D eigenvalue weighted by Gasteiger charge is 2.24. The Hall–Kier alpha value is -4.20. The molecule has 4 amide bonds. The highest BCUT2D eigenvalue weighted by molar-refractivity contribution is 5.98. The van der Waals surface area contributed by atoms with Crippen LogP contribution >= 0.6 is 0 Å². The van der Waals surface area contributed by atoms with E-state index in [1.807, 2.05) is 24.8 Å². The summed E-state index contributed by atoms with van der Waals surface area (Å²) >= 11 is 0. The fourth-order valence-corrected chi connectivity index (χ4v) is 3.67. The Labute approximate surface area is 204 Å². The molecule has 1 atom stereocenters. The predicted molar refractivity (Wildman–Crippen MR) is 131 cm³/mol. The molecule has 2 aromatic rings. The third kappa shape index (κ3) is 7.40. The number of amides is 4. The maximum Gasteiger partial charge on any atom is 0.321 e. The fraction of sp³-hybridized carbons (Fsp3) is 0.417. The van der Waals surface area contributed by atoms with Crippen LogP contribution in [0.15, 0.2) is 42.7 Å². The molecule has 11 nitrogen and oxygen atoms in total. The summed E-state index contributed by atoms with van der Waals surface area (Å²) in [4.78, 5) is 49.9. The summed E-state index contributed by atoms with van der Waals surface area (Å²) in [7, 11) is 0. The highest BCUT2D eigenvalue weighted by atomic mass is 16.2. The average molecular weight is 479 g/mol. The lowest BCUT2D eigenvalue weighted by Gasteiger charge is -2.34. The van der Waals surface area contributed by atoms with E-state index in [0.717, 1.165) is 0 Å². The normalized spacial score (nSPS) is 14.1. The van der Waals surface area contributed by atoms with Gasteiger partial charge in [-0.25, -0.2) is 14.8 Å². The fourth-order valence-electron chi connectivity index (χ4n) is 3.67. The van der Waals surface area contributed by atoms with Crippen LogP contribution in [0, 0.1) is 17.2 Å². The highest BCUT2D eigenvalue weighted by Crippen LogP contribution is 2.14. The molecule has 0 bridgehead atoms. The van der Waals surface area contributed by atoms with Crippen LogP contribution in [0.4, 0.5) is 16.4 Å². The Morgan fingerprint density at radius 3 is 2.31 bits per heavy atom. The van der Waals surface area contributed by atoms with Crippen molar-refractivity contribution in [2.75, 3.05) is 42.9 Å². The molecule has 1 aromatic heterocycles. The molecule has 11 heteroatoms. The number of benzene rings is 1. The molecule has 0 spiro atoms. The van der Waals surface area contributed by atoms with Gasteiger partial charge in [-0.2, -0.15) is 5.26 Å². The topological polar surface area (TPSA) is 143 Å². The van der Waals surface area contributed by atoms with Gasteiger partial charge in [0.1, 0.15) is 12.6 Å². The number of carbonyl (C=O) groups is 3. The number of aromatic nitrogens is 2. The first-order valence-corrected chi connectivity index (χ1v) is 11.5. The number of carbonyl (C=O) groups excluding carboxylic acids is 3. The van der Waals surface area contributed by atoms with Crippen molar-refractivity contribution >= 4 is 29.5 Å². The molecular weight excluding hydrogens is 448 g/mol. The van der Waals surface area contributed by atoms with Crippen LogP contribution < -0.4 is 20.9 Å². The zero-order valence-electron chi connectivity index (χ0n) is 19.9. The average Bonchev–Trinajstić information content (AvgIpc) is 2.87. The molecule has 1 aliphatic heterocycles. The second kappa shape index (κ2) is 12.3. The number of urea groups is 1. The van der Waals surface area contributed by atoms with Gasteiger partial charge in [0.05, 0.1) is 6.07 Å². The van der Waals surface area contributed by atoms with Gasteiger partial charge in [0.15, 0.2) is 0 Å². The van der Waals surface area contributed by atoms with Gasteiger partial charge in [-0.3, -0.25) is 9.59 Å². The molecule has 184 valence electrons. The van der Waals surface area contributed by atoms with Crippen molar-refractivity contribution in [1.29, 1.82) is 5.26 Å². The lowest BCUT2D eigenvalue weighted by molar-refractivity contribution is -0.123. The van der Waals surface area contributed by atoms with Crippen molar-refractivity contribution in [3.05, 3.63) is 48.3 Å². The van der Waals surface area contributed by atoms with E-state index in [2.05, 4.69) is 25.9 Å². The summed E-state index contributed by atoms with van der Waals surface area (Å²) in [5.41, 5.74) is 0.923. The first-order chi connectivity index (χ1) is 16.9. The minimum Gasteiger partial charge on any atom is -0.341 e. The maximum absolute atomic E-state index is 12.7. The number of anilines is 2. The van der Waals surface area contributed by atoms with Gasteiger partial charge in [0, 0.05) is 49.8 Å². The smallest absolute Gasteiger partial charge is 0.321 e. The van der Waals surface area contributed by atoms with E-state index in [-0.39, 0.29) is 18.5 Å². The first-order valence-electron chi connectivity index (χ1n) is 11.5. The van der Waals surface area contributed by atoms with E-state index >= 15 is 0 Å². The van der Waals surface area contributed by atoms with Gasteiger partial charge >= 0.3 is 6.03 Å². The quantitative estimate of drug-likeness (QED) is 0.489. The molecule has 1 fully saturated rings. The molecule has 3 N–H and O–H groups in total. The molecule has 1 aliphatic rings. The number of hydrogen-bond donors (Lipinski definition) is 3. The van der Waals surface area contributed by atoms with E-state index < -0.39 is 17.9 Å². The molecule has 2 heterocycles. The molecule has 0 aliphatic carbocycles. The van der Waals surface area contributed by atoms with E-state index in [4.69, 9.17) is 5.26 Å². The van der Waals surface area contributed by atoms with E-state index in [9.17, 15) is 14.4 Å². The van der Waals surface area contributed by atoms with Crippen molar-refractivity contribution in [1.82, 2.24) is 25.5 Å². The summed E-state index contributed by atoms with van der Waals surface area (Å²) < 4.78 is 0. The van der Waals surface area contributed by atoms with Crippen molar-refractivity contribution in [3.63, 3.8) is 0 Å². The molecule has 3 rings (SSSR count). The monoisotopic (exact) mass is 478 g/mol. The van der Waals surface area contributed by atoms with Crippen LogP contribution in [0.3, 0.4) is 0 Å². The molecule has 1 unspecified atom stereocenters. The number of nitrogens with zero attached hydrogens (tertiary/aromatic N) is 5. The lowest BCUT2D eigenvalue weighted by atomic mass is 10.0. The lowest BCUT2D eigenvalue weighted by Crippen LogP contribution is -2.50. The number of piperazine rings is 1. The van der Waals surface area contributed by atoms with Gasteiger partial charge < -0.3 is 25.8 Å². The van der Waals surface area contributed by atoms with Gasteiger partial charge in [0.25, 0.3) is 5.91 Å². The van der Waals surface area contributed by atoms with E-state index in [1.165, 1.54) is 0 Å². The summed E-state index contributed by atoms with van der Waals surface area (Å²) in [6.45, 7) is 6.12. The molecule has 1 saturated heterocycles. The zero-order valence-corrected chi connectivity index (χ0v) is 19.9. The molecule has 0 saturated carbocycles. The minimum absolute atomic E-state index is 0.118. The predicted octanol–water partition coefficient (Wildman–Crippen LogP) is 1.61. The Morgan fingerprint density at radius 2 is 1.71 bits per heavy atom. The van der Waals surface area contributed by atoms with Crippen molar-refractivity contribution in [3.8, 4) is 6.07 Å². The molecule has 0 radical (unpaired) electrons. The number of rotatable bonds is 8. The number of hydrogen-bond acceptors (Lipinski definition) is 7. The SMILES string of the molecule is CC(C)CC(NC(=O)c1ccc(NC(=O)N2CCN(c3ncccn3)CC2)cc1)C(=O)NCC#N. The minimum atomic E-state index is -0.741. The number of nitriles is 1. The van der Waals surface area contributed by atoms with Crippen LogP contribution in [-0.2, 0) is 4.79 Å². The van der Waals surface area contributed by atoms with Crippen molar-refractivity contribution in [2.45, 2.75) is 26.3 Å². The van der Waals surface area contributed by atoms with E-state index in [1.54, 1.807) is 47.6 Å². The van der Waals surface area contributed by atoms with Crippen LogP contribution in [0.2, 0.25) is 0 Å². The molecule has 1 aromatic carbocycles. The third-order valence-corrected chi connectivity index (χ3v) is 5.47. The summed E-state index contributed by atoms with van der Waals surface area (Å²) in [5, 5.41) is 16.8. The second-order valence-corrected chi connectivity index (χ2v) is 8.56. The van der Waals surface area contributed by atoms with E-state index in [0.29, 0.717) is 49.8 Å². The standard InChI is InChI=1S/C24H30N8O3/c1-17(2)16-20(22(34)26-11-8-25)30-21(33)18-4-6-19(7-5-18)29-24(35)32-14-12-31(13-15-32)23-27-9-3-10-28-23/h3-7,9-10,17,20H,11-16H2,1-2H3,(H,26,34)(H,29,35)(H,30,33).